The molecule has 26 heavy (non-hydrogen) atoms. The first-order valence-corrected chi connectivity index (χ1v) is 10.3. The van der Waals surface area contributed by atoms with E-state index in [0.717, 1.165) is 24.2 Å². The third kappa shape index (κ3) is 3.64. The van der Waals surface area contributed by atoms with Gasteiger partial charge in [0.05, 0.1) is 15.3 Å². The lowest BCUT2D eigenvalue weighted by Gasteiger charge is -2.14. The Bertz CT molecular complexity index is 959. The summed E-state index contributed by atoms with van der Waals surface area (Å²) in [6.07, 6.45) is 1.69. The molecule has 0 bridgehead atoms. The lowest BCUT2D eigenvalue weighted by Crippen LogP contribution is -2.28. The zero-order valence-electron chi connectivity index (χ0n) is 14.1. The number of sulfonamides is 1. The van der Waals surface area contributed by atoms with E-state index >= 15 is 0 Å². The average molecular weight is 394 g/mol. The molecule has 0 radical (unpaired) electrons. The van der Waals surface area contributed by atoms with Gasteiger partial charge in [0.2, 0.25) is 10.0 Å². The maximum atomic E-state index is 12.7. The van der Waals surface area contributed by atoms with E-state index < -0.39 is 21.9 Å². The summed E-state index contributed by atoms with van der Waals surface area (Å²) in [5, 5.41) is 11.6. The Balaban J connectivity index is 1.83. The number of nitrogens with one attached hydrogen (secondary N) is 1. The van der Waals surface area contributed by atoms with Crippen molar-refractivity contribution in [1.82, 2.24) is 4.31 Å². The van der Waals surface area contributed by atoms with Gasteiger partial charge >= 0.3 is 5.97 Å². The zero-order valence-corrected chi connectivity index (χ0v) is 15.7. The fraction of sp³-hybridized carbons (Fsp3) is 0.294. The number of hydrogen-bond donors (Lipinski definition) is 2. The Labute approximate surface area is 155 Å². The second kappa shape index (κ2) is 7.18. The minimum absolute atomic E-state index is 0.0578. The summed E-state index contributed by atoms with van der Waals surface area (Å²) < 4.78 is 26.9. The standard InChI is InChI=1S/C17H18N2O5S2/c1-11-15(26(23,24)19-7-2-3-8-19)10-14(25-11)16(20)18-13-6-4-5-12(9-13)17(21)22/h4-6,9-10H,2-3,7-8H2,1H3,(H,18,20)(H,21,22). The minimum Gasteiger partial charge on any atom is -0.478 e. The number of nitrogens with zero attached hydrogens (tertiary/aromatic N) is 1. The molecule has 2 aromatic rings. The van der Waals surface area contributed by atoms with Crippen LogP contribution in [0.1, 0.15) is 37.7 Å². The molecule has 7 nitrogen and oxygen atoms in total. The van der Waals surface area contributed by atoms with Crippen LogP contribution in [-0.2, 0) is 10.0 Å². The van der Waals surface area contributed by atoms with E-state index in [1.807, 2.05) is 0 Å². The number of rotatable bonds is 5. The molecule has 2 heterocycles. The molecule has 0 unspecified atom stereocenters. The van der Waals surface area contributed by atoms with Gasteiger partial charge in [-0.25, -0.2) is 13.2 Å². The highest BCUT2D eigenvalue weighted by Crippen LogP contribution is 2.30. The van der Waals surface area contributed by atoms with Gasteiger partial charge in [-0.15, -0.1) is 11.3 Å². The number of carboxylic acids is 1. The summed E-state index contributed by atoms with van der Waals surface area (Å²) in [4.78, 5) is 24.4. The third-order valence-corrected chi connectivity index (χ3v) is 7.35. The van der Waals surface area contributed by atoms with Gasteiger partial charge in [0.1, 0.15) is 0 Å². The van der Waals surface area contributed by atoms with Gasteiger partial charge < -0.3 is 10.4 Å². The maximum absolute atomic E-state index is 12.7. The first-order chi connectivity index (χ1) is 12.3. The van der Waals surface area contributed by atoms with Gasteiger partial charge in [-0.3, -0.25) is 4.79 Å². The van der Waals surface area contributed by atoms with Crippen LogP contribution in [0.2, 0.25) is 0 Å². The highest BCUT2D eigenvalue weighted by molar-refractivity contribution is 7.89. The topological polar surface area (TPSA) is 104 Å². The van der Waals surface area contributed by atoms with E-state index in [1.165, 1.54) is 28.6 Å². The van der Waals surface area contributed by atoms with E-state index in [4.69, 9.17) is 5.11 Å². The number of hydrogen-bond acceptors (Lipinski definition) is 5. The Morgan fingerprint density at radius 1 is 1.19 bits per heavy atom. The predicted molar refractivity (Wildman–Crippen MR) is 98.4 cm³/mol. The molecule has 2 N–H and O–H groups in total. The quantitative estimate of drug-likeness (QED) is 0.812. The predicted octanol–water partition coefficient (Wildman–Crippen LogP) is 2.79. The molecule has 0 aliphatic carbocycles. The molecule has 0 atom stereocenters. The van der Waals surface area contributed by atoms with Crippen LogP contribution in [0.4, 0.5) is 5.69 Å². The smallest absolute Gasteiger partial charge is 0.335 e. The number of amides is 1. The molecule has 0 spiro atoms. The van der Waals surface area contributed by atoms with Crippen molar-refractivity contribution in [3.8, 4) is 0 Å². The molecule has 9 heteroatoms. The van der Waals surface area contributed by atoms with Crippen molar-refractivity contribution >= 4 is 38.9 Å². The molecule has 1 aliphatic heterocycles. The maximum Gasteiger partial charge on any atom is 0.335 e. The van der Waals surface area contributed by atoms with E-state index in [-0.39, 0.29) is 15.3 Å². The van der Waals surface area contributed by atoms with Crippen LogP contribution in [0.25, 0.3) is 0 Å². The number of benzene rings is 1. The number of aryl methyl sites for hydroxylation is 1. The number of carbonyl (C=O) groups is 2. The van der Waals surface area contributed by atoms with Crippen LogP contribution in [0.3, 0.4) is 0 Å². The second-order valence-corrected chi connectivity index (χ2v) is 9.15. The Morgan fingerprint density at radius 3 is 2.54 bits per heavy atom. The fourth-order valence-electron chi connectivity index (χ4n) is 2.82. The SMILES string of the molecule is Cc1sc(C(=O)Nc2cccc(C(=O)O)c2)cc1S(=O)(=O)N1CCCC1. The van der Waals surface area contributed by atoms with Gasteiger partial charge in [-0.1, -0.05) is 6.07 Å². The third-order valence-electron chi connectivity index (χ3n) is 4.15. The summed E-state index contributed by atoms with van der Waals surface area (Å²) >= 11 is 1.10. The van der Waals surface area contributed by atoms with Crippen LogP contribution in [-0.4, -0.2) is 42.8 Å². The molecule has 1 aliphatic rings. The molecule has 138 valence electrons. The Kier molecular flexibility index (Phi) is 5.12. The monoisotopic (exact) mass is 394 g/mol. The van der Waals surface area contributed by atoms with Crippen molar-refractivity contribution in [2.24, 2.45) is 0 Å². The van der Waals surface area contributed by atoms with Crippen molar-refractivity contribution in [1.29, 1.82) is 0 Å². The molecule has 1 fully saturated rings. The van der Waals surface area contributed by atoms with Crippen LogP contribution >= 0.6 is 11.3 Å². The number of aromatic carboxylic acids is 1. The van der Waals surface area contributed by atoms with Crippen molar-refractivity contribution in [2.75, 3.05) is 18.4 Å². The summed E-state index contributed by atoms with van der Waals surface area (Å²) in [7, 11) is -3.59. The lowest BCUT2D eigenvalue weighted by molar-refractivity contribution is 0.0696. The fourth-order valence-corrected chi connectivity index (χ4v) is 5.80. The van der Waals surface area contributed by atoms with E-state index in [0.29, 0.717) is 23.7 Å². The van der Waals surface area contributed by atoms with Crippen molar-refractivity contribution < 1.29 is 23.1 Å². The van der Waals surface area contributed by atoms with Gasteiger partial charge in [0.15, 0.2) is 0 Å². The van der Waals surface area contributed by atoms with Crippen molar-refractivity contribution in [3.63, 3.8) is 0 Å². The summed E-state index contributed by atoms with van der Waals surface area (Å²) in [6, 6.07) is 7.27. The number of anilines is 1. The molecule has 1 aromatic heterocycles. The summed E-state index contributed by atoms with van der Waals surface area (Å²) in [6.45, 7) is 2.68. The average Bonchev–Trinajstić information content (AvgIpc) is 3.25. The van der Waals surface area contributed by atoms with E-state index in [2.05, 4.69) is 5.32 Å². The Hall–Kier alpha value is -2.23. The van der Waals surface area contributed by atoms with Gasteiger partial charge in [0.25, 0.3) is 5.91 Å². The minimum atomic E-state index is -3.59. The molecule has 1 amide bonds. The van der Waals surface area contributed by atoms with E-state index in [1.54, 1.807) is 13.0 Å². The summed E-state index contributed by atoms with van der Waals surface area (Å²) in [5.74, 6) is -1.56. The van der Waals surface area contributed by atoms with Gasteiger partial charge in [-0.2, -0.15) is 4.31 Å². The van der Waals surface area contributed by atoms with Crippen LogP contribution < -0.4 is 5.32 Å². The zero-order chi connectivity index (χ0) is 18.9. The van der Waals surface area contributed by atoms with Crippen molar-refractivity contribution in [3.05, 3.63) is 45.6 Å². The highest BCUT2D eigenvalue weighted by atomic mass is 32.2. The largest absolute Gasteiger partial charge is 0.478 e. The first kappa shape index (κ1) is 18.6. The lowest BCUT2D eigenvalue weighted by atomic mass is 10.2. The van der Waals surface area contributed by atoms with Gasteiger partial charge in [0, 0.05) is 23.7 Å². The molecule has 1 saturated heterocycles. The molecular formula is C17H18N2O5S2. The molecule has 0 saturated carbocycles. The first-order valence-electron chi connectivity index (χ1n) is 8.04. The van der Waals surface area contributed by atoms with Crippen molar-refractivity contribution in [2.45, 2.75) is 24.7 Å². The normalized spacial score (nSPS) is 15.1. The molecular weight excluding hydrogens is 376 g/mol. The van der Waals surface area contributed by atoms with Crippen LogP contribution in [0.15, 0.2) is 35.2 Å². The van der Waals surface area contributed by atoms with E-state index in [9.17, 15) is 18.0 Å². The number of carbonyl (C=O) groups excluding carboxylic acids is 1. The number of carboxylic acid groups (broad SMARTS) is 1. The van der Waals surface area contributed by atoms with Crippen LogP contribution in [0.5, 0.6) is 0 Å². The number of thiophene rings is 1. The molecule has 1 aromatic carbocycles. The summed E-state index contributed by atoms with van der Waals surface area (Å²) in [5.41, 5.74) is 0.396. The van der Waals surface area contributed by atoms with Crippen LogP contribution in [0, 0.1) is 6.92 Å². The van der Waals surface area contributed by atoms with Gasteiger partial charge in [-0.05, 0) is 44.0 Å². The molecule has 3 rings (SSSR count). The highest BCUT2D eigenvalue weighted by Gasteiger charge is 2.30. The second-order valence-electron chi connectivity index (χ2n) is 5.98. The Morgan fingerprint density at radius 2 is 1.88 bits per heavy atom.